The molecule has 0 spiro atoms. The molecule has 0 aliphatic carbocycles. The molecule has 2 aromatic heterocycles. The minimum absolute atomic E-state index is 0.942. The van der Waals surface area contributed by atoms with E-state index in [0.717, 1.165) is 38.4 Å². The van der Waals surface area contributed by atoms with Gasteiger partial charge < -0.3 is 9.47 Å². The summed E-state index contributed by atoms with van der Waals surface area (Å²) in [7, 11) is 2.14. The SMILES string of the molecule is Cc1nncn1CCN(C)CCCn1cccn1. The van der Waals surface area contributed by atoms with E-state index in [1.165, 1.54) is 0 Å². The molecule has 2 aromatic rings. The minimum Gasteiger partial charge on any atom is -0.317 e. The van der Waals surface area contributed by atoms with Gasteiger partial charge in [0.1, 0.15) is 12.2 Å². The fraction of sp³-hybridized carbons (Fsp3) is 0.583. The highest BCUT2D eigenvalue weighted by Gasteiger charge is 2.02. The predicted octanol–water partition coefficient (Wildman–Crippen LogP) is 0.805. The van der Waals surface area contributed by atoms with Crippen molar-refractivity contribution in [3.05, 3.63) is 30.6 Å². The molecule has 6 heteroatoms. The molecule has 0 saturated heterocycles. The highest BCUT2D eigenvalue weighted by atomic mass is 15.3. The number of hydrogen-bond acceptors (Lipinski definition) is 4. The second-order valence-electron chi connectivity index (χ2n) is 4.50. The van der Waals surface area contributed by atoms with E-state index in [0.29, 0.717) is 0 Å². The molecule has 0 unspecified atom stereocenters. The molecule has 0 saturated carbocycles. The summed E-state index contributed by atoms with van der Waals surface area (Å²) in [6.45, 7) is 5.98. The molecular weight excluding hydrogens is 228 g/mol. The number of aromatic nitrogens is 5. The average Bonchev–Trinajstić information content (AvgIpc) is 2.98. The summed E-state index contributed by atoms with van der Waals surface area (Å²) in [5.41, 5.74) is 0. The first-order valence-electron chi connectivity index (χ1n) is 6.26. The Kier molecular flexibility index (Phi) is 4.46. The number of rotatable bonds is 7. The van der Waals surface area contributed by atoms with Gasteiger partial charge in [-0.3, -0.25) is 4.68 Å². The van der Waals surface area contributed by atoms with Crippen LogP contribution in [0.4, 0.5) is 0 Å². The summed E-state index contributed by atoms with van der Waals surface area (Å²) in [4.78, 5) is 2.32. The van der Waals surface area contributed by atoms with E-state index in [1.54, 1.807) is 6.33 Å². The number of hydrogen-bond donors (Lipinski definition) is 0. The van der Waals surface area contributed by atoms with E-state index in [1.807, 2.05) is 30.1 Å². The van der Waals surface area contributed by atoms with Crippen LogP contribution >= 0.6 is 0 Å². The Bertz CT molecular complexity index is 447. The monoisotopic (exact) mass is 248 g/mol. The minimum atomic E-state index is 0.942. The van der Waals surface area contributed by atoms with Gasteiger partial charge in [0, 0.05) is 32.0 Å². The first-order valence-corrected chi connectivity index (χ1v) is 6.26. The molecule has 0 radical (unpaired) electrons. The Morgan fingerprint density at radius 1 is 1.28 bits per heavy atom. The maximum absolute atomic E-state index is 4.19. The lowest BCUT2D eigenvalue weighted by atomic mass is 10.4. The van der Waals surface area contributed by atoms with Crippen molar-refractivity contribution in [2.75, 3.05) is 20.1 Å². The van der Waals surface area contributed by atoms with Crippen LogP contribution in [0.1, 0.15) is 12.2 Å². The van der Waals surface area contributed by atoms with Crippen LogP contribution in [0.3, 0.4) is 0 Å². The first kappa shape index (κ1) is 12.8. The molecule has 0 bridgehead atoms. The zero-order chi connectivity index (χ0) is 12.8. The van der Waals surface area contributed by atoms with E-state index in [-0.39, 0.29) is 0 Å². The molecule has 2 rings (SSSR count). The quantitative estimate of drug-likeness (QED) is 0.727. The van der Waals surface area contributed by atoms with Gasteiger partial charge in [0.25, 0.3) is 0 Å². The Hall–Kier alpha value is -1.69. The summed E-state index contributed by atoms with van der Waals surface area (Å²) in [5.74, 6) is 0.972. The van der Waals surface area contributed by atoms with Crippen molar-refractivity contribution in [3.63, 3.8) is 0 Å². The third-order valence-electron chi connectivity index (χ3n) is 3.02. The Morgan fingerprint density at radius 3 is 2.83 bits per heavy atom. The highest BCUT2D eigenvalue weighted by Crippen LogP contribution is 1.96. The van der Waals surface area contributed by atoms with Crippen LogP contribution in [-0.2, 0) is 13.1 Å². The highest BCUT2D eigenvalue weighted by molar-refractivity contribution is 4.80. The van der Waals surface area contributed by atoms with E-state index in [9.17, 15) is 0 Å². The Labute approximate surface area is 107 Å². The van der Waals surface area contributed by atoms with Gasteiger partial charge in [-0.2, -0.15) is 5.10 Å². The van der Waals surface area contributed by atoms with Crippen LogP contribution in [0, 0.1) is 6.92 Å². The van der Waals surface area contributed by atoms with Crippen molar-refractivity contribution < 1.29 is 0 Å². The normalized spacial score (nSPS) is 11.3. The second kappa shape index (κ2) is 6.30. The van der Waals surface area contributed by atoms with Gasteiger partial charge in [-0.05, 0) is 33.0 Å². The largest absolute Gasteiger partial charge is 0.317 e. The lowest BCUT2D eigenvalue weighted by Crippen LogP contribution is -2.25. The van der Waals surface area contributed by atoms with Crippen molar-refractivity contribution in [1.82, 2.24) is 29.4 Å². The summed E-state index contributed by atoms with van der Waals surface area (Å²) < 4.78 is 4.04. The van der Waals surface area contributed by atoms with Gasteiger partial charge >= 0.3 is 0 Å². The van der Waals surface area contributed by atoms with Crippen molar-refractivity contribution in [1.29, 1.82) is 0 Å². The Morgan fingerprint density at radius 2 is 2.17 bits per heavy atom. The zero-order valence-electron chi connectivity index (χ0n) is 11.0. The summed E-state index contributed by atoms with van der Waals surface area (Å²) in [6.07, 6.45) is 6.71. The van der Waals surface area contributed by atoms with Crippen molar-refractivity contribution in [2.45, 2.75) is 26.4 Å². The fourth-order valence-corrected chi connectivity index (χ4v) is 1.86. The third kappa shape index (κ3) is 3.66. The molecule has 0 aliphatic rings. The molecule has 0 aromatic carbocycles. The molecule has 0 amide bonds. The van der Waals surface area contributed by atoms with Crippen LogP contribution in [0.25, 0.3) is 0 Å². The topological polar surface area (TPSA) is 51.8 Å². The maximum atomic E-state index is 4.19. The van der Waals surface area contributed by atoms with E-state index in [2.05, 4.69) is 31.8 Å². The van der Waals surface area contributed by atoms with Crippen molar-refractivity contribution in [2.24, 2.45) is 0 Å². The third-order valence-corrected chi connectivity index (χ3v) is 3.02. The van der Waals surface area contributed by atoms with Gasteiger partial charge in [-0.15, -0.1) is 10.2 Å². The van der Waals surface area contributed by atoms with E-state index in [4.69, 9.17) is 0 Å². The molecule has 18 heavy (non-hydrogen) atoms. The van der Waals surface area contributed by atoms with Crippen LogP contribution in [0.2, 0.25) is 0 Å². The van der Waals surface area contributed by atoms with E-state index >= 15 is 0 Å². The van der Waals surface area contributed by atoms with Crippen LogP contribution in [0.5, 0.6) is 0 Å². The first-order chi connectivity index (χ1) is 8.75. The van der Waals surface area contributed by atoms with Crippen LogP contribution < -0.4 is 0 Å². The van der Waals surface area contributed by atoms with Gasteiger partial charge in [0.05, 0.1) is 0 Å². The van der Waals surface area contributed by atoms with Gasteiger partial charge in [-0.25, -0.2) is 0 Å². The van der Waals surface area contributed by atoms with Crippen LogP contribution in [0.15, 0.2) is 24.8 Å². The second-order valence-corrected chi connectivity index (χ2v) is 4.50. The molecule has 0 fully saturated rings. The molecular formula is C12H20N6. The molecule has 0 atom stereocenters. The molecule has 0 N–H and O–H groups in total. The standard InChI is InChI=1S/C12H20N6/c1-12-15-13-11-17(12)10-9-16(2)6-4-8-18-7-3-5-14-18/h3,5,7,11H,4,6,8-10H2,1-2H3. The summed E-state index contributed by atoms with van der Waals surface area (Å²) in [5, 5.41) is 12.0. The van der Waals surface area contributed by atoms with E-state index < -0.39 is 0 Å². The molecule has 0 aliphatic heterocycles. The summed E-state index contributed by atoms with van der Waals surface area (Å²) in [6, 6.07) is 1.96. The molecule has 6 nitrogen and oxygen atoms in total. The summed E-state index contributed by atoms with van der Waals surface area (Å²) >= 11 is 0. The average molecular weight is 248 g/mol. The fourth-order valence-electron chi connectivity index (χ4n) is 1.86. The van der Waals surface area contributed by atoms with Gasteiger partial charge in [0.15, 0.2) is 0 Å². The predicted molar refractivity (Wildman–Crippen MR) is 69.1 cm³/mol. The lowest BCUT2D eigenvalue weighted by Gasteiger charge is -2.16. The van der Waals surface area contributed by atoms with Crippen LogP contribution in [-0.4, -0.2) is 49.6 Å². The number of aryl methyl sites for hydroxylation is 2. The Balaban J connectivity index is 1.63. The number of nitrogens with zero attached hydrogens (tertiary/aromatic N) is 6. The van der Waals surface area contributed by atoms with Crippen molar-refractivity contribution >= 4 is 0 Å². The van der Waals surface area contributed by atoms with Gasteiger partial charge in [0.2, 0.25) is 0 Å². The molecule has 98 valence electrons. The van der Waals surface area contributed by atoms with Gasteiger partial charge in [-0.1, -0.05) is 0 Å². The smallest absolute Gasteiger partial charge is 0.129 e. The zero-order valence-corrected chi connectivity index (χ0v) is 11.0. The molecule has 2 heterocycles. The maximum Gasteiger partial charge on any atom is 0.129 e. The number of likely N-dealkylation sites (N-methyl/N-ethyl adjacent to an activating group) is 1. The lowest BCUT2D eigenvalue weighted by molar-refractivity contribution is 0.304. The van der Waals surface area contributed by atoms with Crippen molar-refractivity contribution in [3.8, 4) is 0 Å².